The highest BCUT2D eigenvalue weighted by atomic mass is 35.5. The molecule has 3 nitrogen and oxygen atoms in total. The molecule has 0 spiro atoms. The van der Waals surface area contributed by atoms with Crippen molar-refractivity contribution in [2.45, 2.75) is 6.04 Å². The standard InChI is InChI=1S/C25H22ClNO2/c1-27-16-21(24(28)18-8-4-2-5-9-18)22(25(29)19-10-6-3-7-11-19)23(27)17-12-14-20(26)15-13-17/h2-15,21-23H,16H2,1H3/t21-,22-,23-/m0/s1. The first kappa shape index (κ1) is 19.6. The topological polar surface area (TPSA) is 37.4 Å². The Morgan fingerprint density at radius 1 is 0.793 bits per heavy atom. The van der Waals surface area contributed by atoms with Gasteiger partial charge in [-0.15, -0.1) is 0 Å². The molecule has 146 valence electrons. The van der Waals surface area contributed by atoms with Crippen molar-refractivity contribution in [3.63, 3.8) is 0 Å². The number of rotatable bonds is 5. The third-order valence-corrected chi connectivity index (χ3v) is 5.95. The van der Waals surface area contributed by atoms with E-state index in [1.807, 2.05) is 92.0 Å². The van der Waals surface area contributed by atoms with E-state index in [-0.39, 0.29) is 17.6 Å². The van der Waals surface area contributed by atoms with E-state index in [1.165, 1.54) is 0 Å². The normalized spacial score (nSPS) is 21.8. The van der Waals surface area contributed by atoms with Crippen LogP contribution in [0.1, 0.15) is 32.3 Å². The van der Waals surface area contributed by atoms with Gasteiger partial charge in [0.25, 0.3) is 0 Å². The molecule has 4 rings (SSSR count). The molecule has 1 heterocycles. The zero-order valence-electron chi connectivity index (χ0n) is 16.2. The lowest BCUT2D eigenvalue weighted by Crippen LogP contribution is -2.30. The van der Waals surface area contributed by atoms with Crippen LogP contribution < -0.4 is 0 Å². The molecule has 3 aromatic carbocycles. The summed E-state index contributed by atoms with van der Waals surface area (Å²) in [4.78, 5) is 29.1. The third-order valence-electron chi connectivity index (χ3n) is 5.70. The molecule has 0 bridgehead atoms. The highest BCUT2D eigenvalue weighted by Gasteiger charge is 2.48. The molecule has 0 radical (unpaired) electrons. The molecule has 0 N–H and O–H groups in total. The highest BCUT2D eigenvalue weighted by Crippen LogP contribution is 2.43. The quantitative estimate of drug-likeness (QED) is 0.541. The van der Waals surface area contributed by atoms with Crippen molar-refractivity contribution in [3.05, 3.63) is 107 Å². The molecule has 0 amide bonds. The van der Waals surface area contributed by atoms with E-state index in [0.717, 1.165) is 5.56 Å². The van der Waals surface area contributed by atoms with Crippen molar-refractivity contribution in [2.24, 2.45) is 11.8 Å². The van der Waals surface area contributed by atoms with Crippen LogP contribution in [0.2, 0.25) is 5.02 Å². The molecule has 1 fully saturated rings. The first-order valence-corrected chi connectivity index (χ1v) is 10.1. The molecule has 3 aromatic rings. The van der Waals surface area contributed by atoms with Crippen molar-refractivity contribution in [1.29, 1.82) is 0 Å². The minimum Gasteiger partial charge on any atom is -0.298 e. The number of ketones is 2. The molecule has 1 saturated heterocycles. The van der Waals surface area contributed by atoms with Crippen LogP contribution in [-0.4, -0.2) is 30.1 Å². The van der Waals surface area contributed by atoms with Crippen molar-refractivity contribution in [1.82, 2.24) is 4.90 Å². The maximum absolute atomic E-state index is 13.6. The zero-order chi connectivity index (χ0) is 20.4. The van der Waals surface area contributed by atoms with Gasteiger partial charge in [0.05, 0.1) is 5.92 Å². The van der Waals surface area contributed by atoms with Crippen molar-refractivity contribution in [3.8, 4) is 0 Å². The second-order valence-electron chi connectivity index (χ2n) is 7.53. The van der Waals surface area contributed by atoms with Crippen molar-refractivity contribution in [2.75, 3.05) is 13.6 Å². The van der Waals surface area contributed by atoms with Gasteiger partial charge in [-0.3, -0.25) is 14.5 Å². The Labute approximate surface area is 175 Å². The summed E-state index contributed by atoms with van der Waals surface area (Å²) in [6, 6.07) is 25.9. The van der Waals surface area contributed by atoms with Crippen LogP contribution in [0, 0.1) is 11.8 Å². The number of hydrogen-bond acceptors (Lipinski definition) is 3. The average molecular weight is 404 g/mol. The number of carbonyl (C=O) groups excluding carboxylic acids is 2. The molecule has 0 aliphatic carbocycles. The van der Waals surface area contributed by atoms with Crippen LogP contribution in [0.5, 0.6) is 0 Å². The molecule has 0 saturated carbocycles. The van der Waals surface area contributed by atoms with Gasteiger partial charge < -0.3 is 0 Å². The average Bonchev–Trinajstić information content (AvgIpc) is 3.11. The minimum atomic E-state index is -0.462. The predicted molar refractivity (Wildman–Crippen MR) is 115 cm³/mol. The second-order valence-corrected chi connectivity index (χ2v) is 7.97. The van der Waals surface area contributed by atoms with Gasteiger partial charge >= 0.3 is 0 Å². The molecule has 29 heavy (non-hydrogen) atoms. The number of halogens is 1. The van der Waals surface area contributed by atoms with Crippen LogP contribution >= 0.6 is 11.6 Å². The molecule has 1 aliphatic rings. The van der Waals surface area contributed by atoms with Gasteiger partial charge in [-0.2, -0.15) is 0 Å². The van der Waals surface area contributed by atoms with Crippen LogP contribution in [-0.2, 0) is 0 Å². The molecular formula is C25H22ClNO2. The first-order valence-electron chi connectivity index (χ1n) is 9.70. The van der Waals surface area contributed by atoms with Gasteiger partial charge in [-0.05, 0) is 24.7 Å². The van der Waals surface area contributed by atoms with Crippen LogP contribution in [0.4, 0.5) is 0 Å². The maximum atomic E-state index is 13.6. The summed E-state index contributed by atoms with van der Waals surface area (Å²) in [5, 5.41) is 0.650. The van der Waals surface area contributed by atoms with Gasteiger partial charge in [0.15, 0.2) is 11.6 Å². The number of hydrogen-bond donors (Lipinski definition) is 0. The highest BCUT2D eigenvalue weighted by molar-refractivity contribution is 6.30. The van der Waals surface area contributed by atoms with Gasteiger partial charge in [0.2, 0.25) is 0 Å². The fourth-order valence-electron chi connectivity index (χ4n) is 4.34. The van der Waals surface area contributed by atoms with E-state index in [0.29, 0.717) is 22.7 Å². The third kappa shape index (κ3) is 3.89. The summed E-state index contributed by atoms with van der Waals surface area (Å²) < 4.78 is 0. The molecule has 3 atom stereocenters. The lowest BCUT2D eigenvalue weighted by atomic mass is 9.78. The summed E-state index contributed by atoms with van der Waals surface area (Å²) in [6.45, 7) is 0.532. The molecule has 4 heteroatoms. The summed E-state index contributed by atoms with van der Waals surface area (Å²) in [5.74, 6) is -0.848. The zero-order valence-corrected chi connectivity index (χ0v) is 16.9. The fourth-order valence-corrected chi connectivity index (χ4v) is 4.46. The molecule has 0 aromatic heterocycles. The molecule has 1 aliphatic heterocycles. The Balaban J connectivity index is 1.77. The Hall–Kier alpha value is -2.75. The Bertz CT molecular complexity index is 1000. The number of benzene rings is 3. The van der Waals surface area contributed by atoms with Crippen molar-refractivity contribution >= 4 is 23.2 Å². The van der Waals surface area contributed by atoms with Gasteiger partial charge in [0.1, 0.15) is 0 Å². The van der Waals surface area contributed by atoms with Crippen molar-refractivity contribution < 1.29 is 9.59 Å². The number of nitrogens with zero attached hydrogens (tertiary/aromatic N) is 1. The monoisotopic (exact) mass is 403 g/mol. The van der Waals surface area contributed by atoms with Crippen LogP contribution in [0.3, 0.4) is 0 Å². The van der Waals surface area contributed by atoms with E-state index in [4.69, 9.17) is 11.6 Å². The molecular weight excluding hydrogens is 382 g/mol. The number of Topliss-reactive ketones (excluding diaryl/α,β-unsaturated/α-hetero) is 2. The summed E-state index contributed by atoms with van der Waals surface area (Å²) in [5.41, 5.74) is 2.28. The molecule has 0 unspecified atom stereocenters. The minimum absolute atomic E-state index is 0.00387. The maximum Gasteiger partial charge on any atom is 0.168 e. The largest absolute Gasteiger partial charge is 0.298 e. The van der Waals surface area contributed by atoms with Gasteiger partial charge in [0, 0.05) is 34.7 Å². The predicted octanol–water partition coefficient (Wildman–Crippen LogP) is 5.32. The van der Waals surface area contributed by atoms with Gasteiger partial charge in [-0.1, -0.05) is 84.4 Å². The smallest absolute Gasteiger partial charge is 0.168 e. The van der Waals surface area contributed by atoms with Crippen LogP contribution in [0.15, 0.2) is 84.9 Å². The fraction of sp³-hybridized carbons (Fsp3) is 0.200. The Kier molecular flexibility index (Phi) is 5.61. The summed E-state index contributed by atoms with van der Waals surface area (Å²) >= 11 is 6.07. The summed E-state index contributed by atoms with van der Waals surface area (Å²) in [7, 11) is 1.98. The van der Waals surface area contributed by atoms with E-state index >= 15 is 0 Å². The van der Waals surface area contributed by atoms with E-state index in [1.54, 1.807) is 0 Å². The number of carbonyl (C=O) groups is 2. The van der Waals surface area contributed by atoms with Gasteiger partial charge in [-0.25, -0.2) is 0 Å². The summed E-state index contributed by atoms with van der Waals surface area (Å²) in [6.07, 6.45) is 0. The lowest BCUT2D eigenvalue weighted by Gasteiger charge is -2.26. The lowest BCUT2D eigenvalue weighted by molar-refractivity contribution is 0.0785. The SMILES string of the molecule is CN1C[C@H](C(=O)c2ccccc2)[C@H](C(=O)c2ccccc2)[C@@H]1c1ccc(Cl)cc1. The number of likely N-dealkylation sites (tertiary alicyclic amines) is 1. The van der Waals surface area contributed by atoms with E-state index in [9.17, 15) is 9.59 Å². The van der Waals surface area contributed by atoms with E-state index in [2.05, 4.69) is 4.90 Å². The Morgan fingerprint density at radius 2 is 1.31 bits per heavy atom. The Morgan fingerprint density at radius 3 is 1.86 bits per heavy atom. The second kappa shape index (κ2) is 8.32. The van der Waals surface area contributed by atoms with Crippen LogP contribution in [0.25, 0.3) is 0 Å². The first-order chi connectivity index (χ1) is 14.1. The van der Waals surface area contributed by atoms with E-state index < -0.39 is 11.8 Å².